The van der Waals surface area contributed by atoms with Gasteiger partial charge in [-0.15, -0.1) is 0 Å². The minimum atomic E-state index is 0.273. The third-order valence-corrected chi connectivity index (χ3v) is 4.06. The van der Waals surface area contributed by atoms with Gasteiger partial charge in [-0.2, -0.15) is 0 Å². The fraction of sp³-hybridized carbons (Fsp3) is 0.643. The molecule has 2 aliphatic rings. The van der Waals surface area contributed by atoms with E-state index in [4.69, 9.17) is 0 Å². The molecule has 2 aliphatic carbocycles. The molecule has 0 aromatic heterocycles. The second kappa shape index (κ2) is 3.96. The van der Waals surface area contributed by atoms with Crippen LogP contribution in [0, 0.1) is 5.41 Å². The number of ketones is 1. The summed E-state index contributed by atoms with van der Waals surface area (Å²) in [7, 11) is 0. The lowest BCUT2D eigenvalue weighted by molar-refractivity contribution is -0.112. The Labute approximate surface area is 92.3 Å². The maximum Gasteiger partial charge on any atom is 0.181 e. The molecule has 0 heterocycles. The molecule has 0 N–H and O–H groups in total. The summed E-state index contributed by atoms with van der Waals surface area (Å²) >= 11 is 0. The normalized spacial score (nSPS) is 24.7. The largest absolute Gasteiger partial charge is 0.290 e. The first kappa shape index (κ1) is 10.7. The molecule has 0 amide bonds. The molecule has 1 fully saturated rings. The van der Waals surface area contributed by atoms with Crippen LogP contribution in [-0.4, -0.2) is 5.78 Å². The maximum atomic E-state index is 12.1. The minimum absolute atomic E-state index is 0.273. The number of allylic oxidation sites excluding steroid dienone is 4. The van der Waals surface area contributed by atoms with Crippen molar-refractivity contribution in [3.63, 3.8) is 0 Å². The van der Waals surface area contributed by atoms with Gasteiger partial charge in [-0.1, -0.05) is 24.5 Å². The summed E-state index contributed by atoms with van der Waals surface area (Å²) in [6.07, 6.45) is 11.1. The monoisotopic (exact) mass is 204 g/mol. The fourth-order valence-electron chi connectivity index (χ4n) is 3.39. The van der Waals surface area contributed by atoms with E-state index in [1.54, 1.807) is 6.08 Å². The van der Waals surface area contributed by atoms with Crippen molar-refractivity contribution in [2.24, 2.45) is 5.41 Å². The Morgan fingerprint density at radius 1 is 1.27 bits per heavy atom. The lowest BCUT2D eigenvalue weighted by Gasteiger charge is -2.25. The third kappa shape index (κ3) is 1.68. The van der Waals surface area contributed by atoms with E-state index in [0.29, 0.717) is 0 Å². The Bertz CT molecular complexity index is 327. The van der Waals surface area contributed by atoms with Gasteiger partial charge in [0.25, 0.3) is 0 Å². The highest BCUT2D eigenvalue weighted by Gasteiger charge is 2.43. The van der Waals surface area contributed by atoms with Gasteiger partial charge in [-0.05, 0) is 51.0 Å². The van der Waals surface area contributed by atoms with E-state index in [1.165, 1.54) is 37.7 Å². The van der Waals surface area contributed by atoms with Gasteiger partial charge in [0, 0.05) is 5.57 Å². The molecule has 82 valence electrons. The molecule has 0 aromatic carbocycles. The van der Waals surface area contributed by atoms with Gasteiger partial charge in [0.15, 0.2) is 5.78 Å². The quantitative estimate of drug-likeness (QED) is 0.625. The molecule has 1 nitrogen and oxygen atoms in total. The maximum absolute atomic E-state index is 12.1. The molecular weight excluding hydrogens is 184 g/mol. The summed E-state index contributed by atoms with van der Waals surface area (Å²) in [6, 6.07) is 0. The predicted molar refractivity (Wildman–Crippen MR) is 62.7 cm³/mol. The van der Waals surface area contributed by atoms with E-state index in [2.05, 4.69) is 6.92 Å². The Hall–Kier alpha value is -0.850. The molecule has 15 heavy (non-hydrogen) atoms. The molecule has 0 aliphatic heterocycles. The fourth-order valence-corrected chi connectivity index (χ4v) is 3.39. The molecule has 0 saturated heterocycles. The first-order valence-electron chi connectivity index (χ1n) is 6.07. The van der Waals surface area contributed by atoms with E-state index in [1.807, 2.05) is 13.0 Å². The number of carbonyl (C=O) groups is 1. The first-order valence-corrected chi connectivity index (χ1v) is 6.07. The van der Waals surface area contributed by atoms with Crippen LogP contribution < -0.4 is 0 Å². The third-order valence-electron chi connectivity index (χ3n) is 4.06. The summed E-state index contributed by atoms with van der Waals surface area (Å²) in [5, 5.41) is 0. The molecule has 0 radical (unpaired) electrons. The van der Waals surface area contributed by atoms with Gasteiger partial charge in [0.2, 0.25) is 0 Å². The summed E-state index contributed by atoms with van der Waals surface area (Å²) in [5.41, 5.74) is 2.79. The standard InChI is InChI=1S/C14H20O/c1-3-6-12(15)13-11(2)7-10-14(13)8-4-5-9-14/h3,6H,4-5,7-10H2,1-2H3/b6-3+. The highest BCUT2D eigenvalue weighted by molar-refractivity contribution is 6.05. The highest BCUT2D eigenvalue weighted by Crippen LogP contribution is 2.53. The molecular formula is C14H20O. The molecule has 2 rings (SSSR count). The van der Waals surface area contributed by atoms with Crippen LogP contribution in [-0.2, 0) is 4.79 Å². The van der Waals surface area contributed by atoms with Crippen molar-refractivity contribution in [3.8, 4) is 0 Å². The van der Waals surface area contributed by atoms with Gasteiger partial charge in [0.05, 0.1) is 0 Å². The molecule has 1 spiro atoms. The van der Waals surface area contributed by atoms with Gasteiger partial charge in [-0.25, -0.2) is 0 Å². The number of carbonyl (C=O) groups excluding carboxylic acids is 1. The Balaban J connectivity index is 2.33. The van der Waals surface area contributed by atoms with E-state index in [0.717, 1.165) is 12.0 Å². The van der Waals surface area contributed by atoms with E-state index < -0.39 is 0 Å². The van der Waals surface area contributed by atoms with Crippen molar-refractivity contribution >= 4 is 5.78 Å². The van der Waals surface area contributed by atoms with Crippen molar-refractivity contribution in [1.82, 2.24) is 0 Å². The zero-order valence-electron chi connectivity index (χ0n) is 9.81. The SMILES string of the molecule is C/C=C/C(=O)C1=C(C)CCC12CCCC2. The zero-order chi connectivity index (χ0) is 10.9. The topological polar surface area (TPSA) is 17.1 Å². The van der Waals surface area contributed by atoms with Crippen molar-refractivity contribution in [2.45, 2.75) is 52.4 Å². The van der Waals surface area contributed by atoms with Crippen molar-refractivity contribution in [2.75, 3.05) is 0 Å². The van der Waals surface area contributed by atoms with Gasteiger partial charge in [-0.3, -0.25) is 4.79 Å². The van der Waals surface area contributed by atoms with Crippen molar-refractivity contribution < 1.29 is 4.79 Å². The highest BCUT2D eigenvalue weighted by atomic mass is 16.1. The van der Waals surface area contributed by atoms with Crippen molar-refractivity contribution in [1.29, 1.82) is 0 Å². The lowest BCUT2D eigenvalue weighted by Crippen LogP contribution is -2.20. The van der Waals surface area contributed by atoms with Crippen LogP contribution in [0.1, 0.15) is 52.4 Å². The number of hydrogen-bond acceptors (Lipinski definition) is 1. The molecule has 1 saturated carbocycles. The van der Waals surface area contributed by atoms with Gasteiger partial charge >= 0.3 is 0 Å². The molecule has 0 atom stereocenters. The van der Waals surface area contributed by atoms with Crippen LogP contribution in [0.4, 0.5) is 0 Å². The predicted octanol–water partition coefficient (Wildman–Crippen LogP) is 3.80. The average molecular weight is 204 g/mol. The lowest BCUT2D eigenvalue weighted by atomic mass is 9.77. The number of hydrogen-bond donors (Lipinski definition) is 0. The van der Waals surface area contributed by atoms with Crippen LogP contribution in [0.3, 0.4) is 0 Å². The Morgan fingerprint density at radius 2 is 1.93 bits per heavy atom. The van der Waals surface area contributed by atoms with Gasteiger partial charge in [0.1, 0.15) is 0 Å². The number of rotatable bonds is 2. The van der Waals surface area contributed by atoms with Crippen LogP contribution in [0.15, 0.2) is 23.3 Å². The second-order valence-electron chi connectivity index (χ2n) is 5.01. The smallest absolute Gasteiger partial charge is 0.181 e. The second-order valence-corrected chi connectivity index (χ2v) is 5.01. The van der Waals surface area contributed by atoms with Crippen LogP contribution in [0.25, 0.3) is 0 Å². The minimum Gasteiger partial charge on any atom is -0.290 e. The van der Waals surface area contributed by atoms with E-state index in [-0.39, 0.29) is 11.2 Å². The molecule has 0 aromatic rings. The zero-order valence-corrected chi connectivity index (χ0v) is 9.81. The molecule has 0 unspecified atom stereocenters. The summed E-state index contributed by atoms with van der Waals surface area (Å²) < 4.78 is 0. The van der Waals surface area contributed by atoms with E-state index in [9.17, 15) is 4.79 Å². The van der Waals surface area contributed by atoms with Crippen LogP contribution >= 0.6 is 0 Å². The first-order chi connectivity index (χ1) is 7.19. The average Bonchev–Trinajstić information content (AvgIpc) is 2.77. The molecule has 0 bridgehead atoms. The Kier molecular flexibility index (Phi) is 2.81. The van der Waals surface area contributed by atoms with Crippen LogP contribution in [0.2, 0.25) is 0 Å². The van der Waals surface area contributed by atoms with Crippen molar-refractivity contribution in [3.05, 3.63) is 23.3 Å². The summed E-state index contributed by atoms with van der Waals surface area (Å²) in [4.78, 5) is 12.1. The Morgan fingerprint density at radius 3 is 2.53 bits per heavy atom. The van der Waals surface area contributed by atoms with Crippen LogP contribution in [0.5, 0.6) is 0 Å². The molecule has 1 heteroatoms. The van der Waals surface area contributed by atoms with E-state index >= 15 is 0 Å². The summed E-state index contributed by atoms with van der Waals surface area (Å²) in [6.45, 7) is 4.06. The summed E-state index contributed by atoms with van der Waals surface area (Å²) in [5.74, 6) is 0.273. The van der Waals surface area contributed by atoms with Gasteiger partial charge < -0.3 is 0 Å².